The molecule has 0 saturated heterocycles. The highest BCUT2D eigenvalue weighted by atomic mass is 35.5. The summed E-state index contributed by atoms with van der Waals surface area (Å²) in [4.78, 5) is 30.8. The molecule has 0 aliphatic carbocycles. The molecule has 0 atom stereocenters. The predicted octanol–water partition coefficient (Wildman–Crippen LogP) is 6.39. The fraction of sp³-hybridized carbons (Fsp3) is 0.160. The maximum Gasteiger partial charge on any atom is 0.364 e. The van der Waals surface area contributed by atoms with Gasteiger partial charge in [0.2, 0.25) is 0 Å². The second-order valence-corrected chi connectivity index (χ2v) is 10.0. The zero-order valence-electron chi connectivity index (χ0n) is 19.5. The van der Waals surface area contributed by atoms with Crippen molar-refractivity contribution in [2.75, 3.05) is 18.5 Å². The molecule has 11 heteroatoms. The Labute approximate surface area is 219 Å². The second-order valence-electron chi connectivity index (χ2n) is 7.20. The van der Waals surface area contributed by atoms with Gasteiger partial charge >= 0.3 is 7.60 Å². The largest absolute Gasteiger partial charge is 0.364 e. The van der Waals surface area contributed by atoms with Crippen LogP contribution in [0.3, 0.4) is 0 Å². The van der Waals surface area contributed by atoms with Crippen molar-refractivity contribution in [3.8, 4) is 0 Å². The van der Waals surface area contributed by atoms with Crippen LogP contribution in [0.1, 0.15) is 29.8 Å². The van der Waals surface area contributed by atoms with Gasteiger partial charge in [0.05, 0.1) is 18.2 Å². The zero-order valence-corrected chi connectivity index (χ0v) is 21.9. The molecule has 1 heterocycles. The Morgan fingerprint density at radius 3 is 2.03 bits per heavy atom. The second kappa shape index (κ2) is 12.8. The summed E-state index contributed by atoms with van der Waals surface area (Å²) in [6, 6.07) is 17.6. The van der Waals surface area contributed by atoms with E-state index in [0.717, 1.165) is 0 Å². The lowest BCUT2D eigenvalue weighted by Crippen LogP contribution is -2.32. The van der Waals surface area contributed by atoms with Crippen LogP contribution in [0.5, 0.6) is 0 Å². The van der Waals surface area contributed by atoms with Gasteiger partial charge in [-0.1, -0.05) is 53.5 Å². The van der Waals surface area contributed by atoms with Crippen LogP contribution in [0.2, 0.25) is 10.0 Å². The number of nitrogens with zero attached hydrogens (tertiary/aromatic N) is 1. The van der Waals surface area contributed by atoms with E-state index in [1.54, 1.807) is 74.5 Å². The molecule has 188 valence electrons. The molecule has 2 amide bonds. The van der Waals surface area contributed by atoms with Crippen molar-refractivity contribution in [1.82, 2.24) is 10.3 Å². The van der Waals surface area contributed by atoms with Gasteiger partial charge in [0.1, 0.15) is 16.8 Å². The van der Waals surface area contributed by atoms with Crippen LogP contribution < -0.4 is 10.6 Å². The van der Waals surface area contributed by atoms with E-state index >= 15 is 0 Å². The molecule has 2 N–H and O–H groups in total. The lowest BCUT2D eigenvalue weighted by Gasteiger charge is -2.24. The third-order valence-electron chi connectivity index (χ3n) is 4.70. The van der Waals surface area contributed by atoms with Crippen molar-refractivity contribution in [2.24, 2.45) is 0 Å². The third kappa shape index (κ3) is 7.03. The Balaban J connectivity index is 2.23. The number of hydrogen-bond donors (Lipinski definition) is 2. The number of benzene rings is 2. The highest BCUT2D eigenvalue weighted by Crippen LogP contribution is 2.61. The molecule has 0 saturated carbocycles. The van der Waals surface area contributed by atoms with Crippen LogP contribution in [-0.4, -0.2) is 30.0 Å². The van der Waals surface area contributed by atoms with E-state index in [0.29, 0.717) is 15.6 Å². The van der Waals surface area contributed by atoms with Gasteiger partial charge < -0.3 is 19.7 Å². The van der Waals surface area contributed by atoms with Crippen molar-refractivity contribution in [1.29, 1.82) is 0 Å². The highest BCUT2D eigenvalue weighted by Gasteiger charge is 2.37. The minimum Gasteiger partial charge on any atom is -0.317 e. The number of halogens is 2. The molecule has 8 nitrogen and oxygen atoms in total. The van der Waals surface area contributed by atoms with E-state index in [-0.39, 0.29) is 35.6 Å². The summed E-state index contributed by atoms with van der Waals surface area (Å²) in [5.41, 5.74) is 0.269. The maximum atomic E-state index is 14.1. The zero-order chi connectivity index (χ0) is 26.1. The van der Waals surface area contributed by atoms with Crippen LogP contribution >= 0.6 is 30.8 Å². The van der Waals surface area contributed by atoms with Crippen LogP contribution in [0.15, 0.2) is 78.6 Å². The molecule has 2 aromatic carbocycles. The summed E-state index contributed by atoms with van der Waals surface area (Å²) in [6.07, 6.45) is 1.36. The van der Waals surface area contributed by atoms with Crippen molar-refractivity contribution in [3.63, 3.8) is 0 Å². The van der Waals surface area contributed by atoms with E-state index in [2.05, 4.69) is 15.6 Å². The Morgan fingerprint density at radius 1 is 0.861 bits per heavy atom. The first-order chi connectivity index (χ1) is 17.3. The van der Waals surface area contributed by atoms with Gasteiger partial charge in [-0.3, -0.25) is 14.2 Å². The SMILES string of the molecule is CCOP(=O)(OCC)C(=C(NC(=O)c1ccccc1)C(=O)Nc1ccc(Cl)cn1)c1ccc(Cl)cc1. The molecular weight excluding hydrogens is 524 g/mol. The predicted molar refractivity (Wildman–Crippen MR) is 141 cm³/mol. The van der Waals surface area contributed by atoms with Crippen LogP contribution in [-0.2, 0) is 18.4 Å². The lowest BCUT2D eigenvalue weighted by molar-refractivity contribution is -0.113. The van der Waals surface area contributed by atoms with Crippen molar-refractivity contribution >= 4 is 53.7 Å². The summed E-state index contributed by atoms with van der Waals surface area (Å²) in [6.45, 7) is 3.33. The number of rotatable bonds is 10. The average Bonchev–Trinajstić information content (AvgIpc) is 2.87. The van der Waals surface area contributed by atoms with Gasteiger partial charge in [0.15, 0.2) is 0 Å². The minimum absolute atomic E-state index is 0.0225. The maximum absolute atomic E-state index is 14.1. The Morgan fingerprint density at radius 2 is 1.47 bits per heavy atom. The third-order valence-corrected chi connectivity index (χ3v) is 7.40. The van der Waals surface area contributed by atoms with Crippen molar-refractivity contribution in [2.45, 2.75) is 13.8 Å². The Hall–Kier alpha value is -3.00. The fourth-order valence-corrected chi connectivity index (χ4v) is 5.33. The molecule has 0 fully saturated rings. The van der Waals surface area contributed by atoms with Gasteiger partial charge in [0, 0.05) is 16.8 Å². The van der Waals surface area contributed by atoms with Gasteiger partial charge in [0.25, 0.3) is 11.8 Å². The topological polar surface area (TPSA) is 107 Å². The van der Waals surface area contributed by atoms with Crippen LogP contribution in [0.25, 0.3) is 5.31 Å². The first-order valence-corrected chi connectivity index (χ1v) is 13.3. The molecule has 0 aliphatic heterocycles. The average molecular weight is 548 g/mol. The number of nitrogens with one attached hydrogen (secondary N) is 2. The Kier molecular flexibility index (Phi) is 9.81. The first kappa shape index (κ1) is 27.6. The molecule has 36 heavy (non-hydrogen) atoms. The summed E-state index contributed by atoms with van der Waals surface area (Å²) in [5, 5.41) is 5.89. The molecule has 0 unspecified atom stereocenters. The van der Waals surface area contributed by atoms with Crippen molar-refractivity contribution in [3.05, 3.63) is 99.8 Å². The number of aromatic nitrogens is 1. The van der Waals surface area contributed by atoms with Crippen LogP contribution in [0.4, 0.5) is 5.82 Å². The fourth-order valence-electron chi connectivity index (χ4n) is 3.18. The van der Waals surface area contributed by atoms with E-state index in [1.165, 1.54) is 12.3 Å². The van der Waals surface area contributed by atoms with E-state index < -0.39 is 19.4 Å². The van der Waals surface area contributed by atoms with E-state index in [9.17, 15) is 14.2 Å². The molecule has 1 aromatic heterocycles. The molecule has 0 spiro atoms. The summed E-state index contributed by atoms with van der Waals surface area (Å²) in [5.74, 6) is -1.23. The quantitative estimate of drug-likeness (QED) is 0.225. The molecule has 0 aliphatic rings. The number of amides is 2. The van der Waals surface area contributed by atoms with Crippen LogP contribution in [0, 0.1) is 0 Å². The summed E-state index contributed by atoms with van der Waals surface area (Å²) < 4.78 is 25.2. The normalized spacial score (nSPS) is 12.0. The smallest absolute Gasteiger partial charge is 0.317 e. The molecular formula is C25H24Cl2N3O5P. The number of carbonyl (C=O) groups is 2. The number of carbonyl (C=O) groups excluding carboxylic acids is 2. The molecule has 0 bridgehead atoms. The summed E-state index contributed by atoms with van der Waals surface area (Å²) in [7, 11) is -4.12. The van der Waals surface area contributed by atoms with Crippen molar-refractivity contribution < 1.29 is 23.2 Å². The monoisotopic (exact) mass is 547 g/mol. The van der Waals surface area contributed by atoms with E-state index in [4.69, 9.17) is 32.2 Å². The number of hydrogen-bond acceptors (Lipinski definition) is 6. The first-order valence-electron chi connectivity index (χ1n) is 11.0. The molecule has 3 rings (SSSR count). The minimum atomic E-state index is -4.12. The van der Waals surface area contributed by atoms with Gasteiger partial charge in [-0.25, -0.2) is 4.98 Å². The highest BCUT2D eigenvalue weighted by molar-refractivity contribution is 7.65. The number of pyridine rings is 1. The molecule has 3 aromatic rings. The molecule has 0 radical (unpaired) electrons. The van der Waals surface area contributed by atoms with Gasteiger partial charge in [-0.05, 0) is 55.8 Å². The van der Waals surface area contributed by atoms with E-state index in [1.807, 2.05) is 0 Å². The van der Waals surface area contributed by atoms with Gasteiger partial charge in [-0.15, -0.1) is 0 Å². The Bertz CT molecular complexity index is 1270. The summed E-state index contributed by atoms with van der Waals surface area (Å²) >= 11 is 12.0. The number of anilines is 1. The standard InChI is InChI=1S/C25H24Cl2N3O5P/c1-3-34-36(33,35-4-2)23(17-10-12-19(26)13-11-17)22(30-24(31)18-8-6-5-7-9-18)25(32)29-21-15-14-20(27)16-28-21/h5-16H,3-4H2,1-2H3,(H,30,31)(H,28,29,32). The lowest BCUT2D eigenvalue weighted by atomic mass is 10.1. The van der Waals surface area contributed by atoms with Gasteiger partial charge in [-0.2, -0.15) is 0 Å².